The van der Waals surface area contributed by atoms with E-state index in [1.54, 1.807) is 0 Å². The maximum atomic E-state index is 9.76. The van der Waals surface area contributed by atoms with Gasteiger partial charge in [0.1, 0.15) is 0 Å². The van der Waals surface area contributed by atoms with Crippen LogP contribution in [0.2, 0.25) is 0 Å². The Kier molecular flexibility index (Phi) is 5.07. The third kappa shape index (κ3) is 3.76. The number of hydrogen-bond acceptors (Lipinski definition) is 2. The van der Waals surface area contributed by atoms with Crippen LogP contribution in [0.1, 0.15) is 59.3 Å². The first-order chi connectivity index (χ1) is 7.08. The fourth-order valence-corrected chi connectivity index (χ4v) is 2.25. The molecular formula is C13H27NO. The van der Waals surface area contributed by atoms with E-state index in [0.717, 1.165) is 13.0 Å². The molecule has 1 aliphatic carbocycles. The van der Waals surface area contributed by atoms with Gasteiger partial charge in [-0.15, -0.1) is 0 Å². The van der Waals surface area contributed by atoms with Gasteiger partial charge >= 0.3 is 0 Å². The van der Waals surface area contributed by atoms with Crippen molar-refractivity contribution in [1.29, 1.82) is 0 Å². The summed E-state index contributed by atoms with van der Waals surface area (Å²) in [5.74, 6) is 0. The summed E-state index contributed by atoms with van der Waals surface area (Å²) in [5, 5.41) is 13.4. The summed E-state index contributed by atoms with van der Waals surface area (Å²) in [6, 6.07) is 0.698. The van der Waals surface area contributed by atoms with Gasteiger partial charge in [-0.05, 0) is 26.2 Å². The van der Waals surface area contributed by atoms with Gasteiger partial charge in [-0.2, -0.15) is 0 Å². The summed E-state index contributed by atoms with van der Waals surface area (Å²) < 4.78 is 0. The van der Waals surface area contributed by atoms with Crippen LogP contribution in [0, 0.1) is 5.41 Å². The highest BCUT2D eigenvalue weighted by Crippen LogP contribution is 2.26. The van der Waals surface area contributed by atoms with Gasteiger partial charge in [0.05, 0.1) is 6.10 Å². The van der Waals surface area contributed by atoms with Crippen LogP contribution in [-0.2, 0) is 0 Å². The van der Waals surface area contributed by atoms with Crippen LogP contribution in [0.4, 0.5) is 0 Å². The van der Waals surface area contributed by atoms with Crippen molar-refractivity contribution in [2.45, 2.75) is 71.4 Å². The minimum absolute atomic E-state index is 0.0391. The predicted octanol–water partition coefficient (Wildman–Crippen LogP) is 2.71. The first kappa shape index (κ1) is 13.0. The Bertz CT molecular complexity index is 175. The molecule has 2 heteroatoms. The highest BCUT2D eigenvalue weighted by Gasteiger charge is 2.28. The van der Waals surface area contributed by atoms with Crippen LogP contribution >= 0.6 is 0 Å². The van der Waals surface area contributed by atoms with E-state index >= 15 is 0 Å². The fraction of sp³-hybridized carbons (Fsp3) is 1.00. The molecule has 0 spiro atoms. The Hall–Kier alpha value is -0.0800. The van der Waals surface area contributed by atoms with Gasteiger partial charge in [0, 0.05) is 18.0 Å². The zero-order valence-electron chi connectivity index (χ0n) is 10.6. The Balaban J connectivity index is 2.32. The highest BCUT2D eigenvalue weighted by atomic mass is 16.3. The zero-order valence-corrected chi connectivity index (χ0v) is 10.6. The van der Waals surface area contributed by atoms with Crippen LogP contribution in [-0.4, -0.2) is 23.8 Å². The summed E-state index contributed by atoms with van der Waals surface area (Å²) in [5.41, 5.74) is 0.0391. The van der Waals surface area contributed by atoms with Crippen molar-refractivity contribution in [3.8, 4) is 0 Å². The highest BCUT2D eigenvalue weighted by molar-refractivity contribution is 4.83. The van der Waals surface area contributed by atoms with Gasteiger partial charge in [0.15, 0.2) is 0 Å². The van der Waals surface area contributed by atoms with Gasteiger partial charge in [-0.3, -0.25) is 0 Å². The number of aliphatic hydroxyl groups excluding tert-OH is 1. The number of rotatable bonds is 5. The molecule has 0 radical (unpaired) electrons. The SMILES string of the molecule is CCC(C)(CNC1CCCCC1)C(C)O. The van der Waals surface area contributed by atoms with E-state index in [2.05, 4.69) is 19.2 Å². The van der Waals surface area contributed by atoms with Crippen LogP contribution in [0.5, 0.6) is 0 Å². The molecule has 1 saturated carbocycles. The van der Waals surface area contributed by atoms with Crippen LogP contribution in [0.3, 0.4) is 0 Å². The molecule has 2 unspecified atom stereocenters. The standard InChI is InChI=1S/C13H27NO/c1-4-13(3,11(2)15)10-14-12-8-6-5-7-9-12/h11-12,14-15H,4-10H2,1-3H3. The van der Waals surface area contributed by atoms with Crippen molar-refractivity contribution in [2.24, 2.45) is 5.41 Å². The zero-order chi connectivity index (χ0) is 11.3. The third-order valence-electron chi connectivity index (χ3n) is 4.22. The summed E-state index contributed by atoms with van der Waals surface area (Å²) >= 11 is 0. The molecule has 2 N–H and O–H groups in total. The van der Waals surface area contributed by atoms with E-state index in [4.69, 9.17) is 0 Å². The van der Waals surface area contributed by atoms with Gasteiger partial charge in [-0.1, -0.05) is 33.1 Å². The van der Waals surface area contributed by atoms with Gasteiger partial charge in [0.25, 0.3) is 0 Å². The molecule has 0 aromatic carbocycles. The second kappa shape index (κ2) is 5.86. The quantitative estimate of drug-likeness (QED) is 0.736. The smallest absolute Gasteiger partial charge is 0.0577 e. The molecular weight excluding hydrogens is 186 g/mol. The molecule has 2 nitrogen and oxygen atoms in total. The Labute approximate surface area is 94.5 Å². The second-order valence-electron chi connectivity index (χ2n) is 5.40. The lowest BCUT2D eigenvalue weighted by Crippen LogP contribution is -2.44. The molecule has 0 saturated heterocycles. The lowest BCUT2D eigenvalue weighted by molar-refractivity contribution is 0.0459. The average Bonchev–Trinajstić information content (AvgIpc) is 2.27. The van der Waals surface area contributed by atoms with Crippen molar-refractivity contribution in [2.75, 3.05) is 6.54 Å². The summed E-state index contributed by atoms with van der Waals surface area (Å²) in [7, 11) is 0. The first-order valence-electron chi connectivity index (χ1n) is 6.50. The number of aliphatic hydroxyl groups is 1. The van der Waals surface area contributed by atoms with E-state index in [1.165, 1.54) is 32.1 Å². The van der Waals surface area contributed by atoms with Crippen LogP contribution < -0.4 is 5.32 Å². The minimum Gasteiger partial charge on any atom is -0.393 e. The molecule has 1 fully saturated rings. The summed E-state index contributed by atoms with van der Waals surface area (Å²) in [6.07, 6.45) is 7.59. The Morgan fingerprint density at radius 2 is 1.93 bits per heavy atom. The third-order valence-corrected chi connectivity index (χ3v) is 4.22. The molecule has 0 amide bonds. The molecule has 2 atom stereocenters. The Morgan fingerprint density at radius 1 is 1.33 bits per heavy atom. The van der Waals surface area contributed by atoms with Gasteiger partial charge in [0.2, 0.25) is 0 Å². The van der Waals surface area contributed by atoms with Gasteiger partial charge in [-0.25, -0.2) is 0 Å². The second-order valence-corrected chi connectivity index (χ2v) is 5.40. The lowest BCUT2D eigenvalue weighted by atomic mass is 9.81. The molecule has 15 heavy (non-hydrogen) atoms. The molecule has 0 aliphatic heterocycles. The van der Waals surface area contributed by atoms with Crippen molar-refractivity contribution in [3.63, 3.8) is 0 Å². The van der Waals surface area contributed by atoms with Crippen molar-refractivity contribution < 1.29 is 5.11 Å². The predicted molar refractivity (Wildman–Crippen MR) is 65.0 cm³/mol. The summed E-state index contributed by atoms with van der Waals surface area (Å²) in [6.45, 7) is 7.20. The molecule has 1 rings (SSSR count). The topological polar surface area (TPSA) is 32.3 Å². The molecule has 0 bridgehead atoms. The van der Waals surface area contributed by atoms with Crippen LogP contribution in [0.15, 0.2) is 0 Å². The maximum Gasteiger partial charge on any atom is 0.0577 e. The van der Waals surface area contributed by atoms with Crippen molar-refractivity contribution in [3.05, 3.63) is 0 Å². The fourth-order valence-electron chi connectivity index (χ4n) is 2.25. The molecule has 90 valence electrons. The average molecular weight is 213 g/mol. The number of hydrogen-bond donors (Lipinski definition) is 2. The van der Waals surface area contributed by atoms with E-state index in [0.29, 0.717) is 6.04 Å². The maximum absolute atomic E-state index is 9.76. The minimum atomic E-state index is -0.224. The van der Waals surface area contributed by atoms with E-state index < -0.39 is 0 Å². The lowest BCUT2D eigenvalue weighted by Gasteiger charge is -2.34. The molecule has 0 aromatic rings. The van der Waals surface area contributed by atoms with Crippen molar-refractivity contribution in [1.82, 2.24) is 5.32 Å². The van der Waals surface area contributed by atoms with E-state index in [1.807, 2.05) is 6.92 Å². The largest absolute Gasteiger partial charge is 0.393 e. The van der Waals surface area contributed by atoms with E-state index in [9.17, 15) is 5.11 Å². The normalized spacial score (nSPS) is 24.8. The van der Waals surface area contributed by atoms with Gasteiger partial charge < -0.3 is 10.4 Å². The Morgan fingerprint density at radius 3 is 2.40 bits per heavy atom. The molecule has 0 aromatic heterocycles. The van der Waals surface area contributed by atoms with Crippen LogP contribution in [0.25, 0.3) is 0 Å². The summed E-state index contributed by atoms with van der Waals surface area (Å²) in [4.78, 5) is 0. The van der Waals surface area contributed by atoms with Crippen molar-refractivity contribution >= 4 is 0 Å². The molecule has 0 heterocycles. The molecule has 1 aliphatic rings. The van der Waals surface area contributed by atoms with E-state index in [-0.39, 0.29) is 11.5 Å². The monoisotopic (exact) mass is 213 g/mol. The number of nitrogens with one attached hydrogen (secondary N) is 1. The first-order valence-corrected chi connectivity index (χ1v) is 6.50.